The predicted molar refractivity (Wildman–Crippen MR) is 83.3 cm³/mol. The van der Waals surface area contributed by atoms with Crippen LogP contribution in [0.4, 0.5) is 0 Å². The molecule has 2 amide bonds. The first-order valence-electron chi connectivity index (χ1n) is 6.78. The summed E-state index contributed by atoms with van der Waals surface area (Å²) in [6.45, 7) is -0.480. The number of rotatable bonds is 6. The summed E-state index contributed by atoms with van der Waals surface area (Å²) in [5.74, 6) is -2.60. The lowest BCUT2D eigenvalue weighted by atomic mass is 10.0. The maximum atomic E-state index is 11.8. The van der Waals surface area contributed by atoms with Crippen LogP contribution in [0.5, 0.6) is 5.75 Å². The second-order valence-electron chi connectivity index (χ2n) is 4.80. The largest absolute Gasteiger partial charge is 0.505 e. The van der Waals surface area contributed by atoms with Crippen LogP contribution in [0.1, 0.15) is 20.8 Å². The molecule has 122 valence electrons. The fourth-order valence-corrected chi connectivity index (χ4v) is 1.93. The zero-order chi connectivity index (χ0) is 17.7. The van der Waals surface area contributed by atoms with Gasteiger partial charge in [-0.25, -0.2) is 4.98 Å². The molecule has 1 heterocycles. The van der Waals surface area contributed by atoms with Gasteiger partial charge in [0, 0.05) is 17.3 Å². The van der Waals surface area contributed by atoms with Gasteiger partial charge in [0.05, 0.1) is 6.54 Å². The molecule has 0 aliphatic heterocycles. The fraction of sp³-hybridized carbons (Fsp3) is 0.0625. The molecule has 0 radical (unpaired) electrons. The molecule has 8 heteroatoms. The van der Waals surface area contributed by atoms with E-state index < -0.39 is 29.9 Å². The molecule has 0 aliphatic rings. The van der Waals surface area contributed by atoms with Crippen molar-refractivity contribution < 1.29 is 24.3 Å². The standard InChI is InChI=1S/C16H13N3O5/c17-15(23)10-3-1-2-9(4-10)11-5-13(22)14(18-6-11)16(24)19-7-12(21)8-20/h1-6,8,22H,7H2,(H2,17,23)(H,19,24). The Morgan fingerprint density at radius 2 is 1.96 bits per heavy atom. The number of ketones is 1. The first-order chi connectivity index (χ1) is 11.4. The van der Waals surface area contributed by atoms with Crippen molar-refractivity contribution in [1.82, 2.24) is 10.3 Å². The molecule has 0 unspecified atom stereocenters. The zero-order valence-electron chi connectivity index (χ0n) is 12.4. The van der Waals surface area contributed by atoms with E-state index in [9.17, 15) is 24.3 Å². The third-order valence-electron chi connectivity index (χ3n) is 3.12. The fourth-order valence-electron chi connectivity index (χ4n) is 1.93. The number of nitrogens with two attached hydrogens (primary N) is 1. The number of aldehydes is 1. The van der Waals surface area contributed by atoms with Crippen LogP contribution in [0, 0.1) is 0 Å². The topological polar surface area (TPSA) is 139 Å². The predicted octanol–water partition coefficient (Wildman–Crippen LogP) is 0.0509. The SMILES string of the molecule is NC(=O)c1cccc(-c2cnc(C(=O)NCC(=O)C=O)c(O)c2)c1. The molecule has 2 rings (SSSR count). The Bertz CT molecular complexity index is 832. The van der Waals surface area contributed by atoms with Crippen molar-refractivity contribution in [2.75, 3.05) is 6.54 Å². The molecule has 0 saturated heterocycles. The summed E-state index contributed by atoms with van der Waals surface area (Å²) in [5, 5.41) is 12.1. The molecule has 1 aromatic carbocycles. The van der Waals surface area contributed by atoms with Crippen LogP contribution in [0.2, 0.25) is 0 Å². The molecule has 8 nitrogen and oxygen atoms in total. The molecule has 1 aromatic heterocycles. The molecule has 0 atom stereocenters. The van der Waals surface area contributed by atoms with E-state index in [0.717, 1.165) is 0 Å². The molecule has 4 N–H and O–H groups in total. The van der Waals surface area contributed by atoms with Crippen LogP contribution in [-0.4, -0.2) is 40.5 Å². The maximum absolute atomic E-state index is 11.8. The summed E-state index contributed by atoms with van der Waals surface area (Å²) in [7, 11) is 0. The summed E-state index contributed by atoms with van der Waals surface area (Å²) in [5.41, 5.74) is 6.27. The molecule has 2 aromatic rings. The van der Waals surface area contributed by atoms with Crippen LogP contribution >= 0.6 is 0 Å². The van der Waals surface area contributed by atoms with Crippen molar-refractivity contribution >= 4 is 23.9 Å². The van der Waals surface area contributed by atoms with Crippen LogP contribution in [-0.2, 0) is 9.59 Å². The van der Waals surface area contributed by atoms with E-state index >= 15 is 0 Å². The lowest BCUT2D eigenvalue weighted by Gasteiger charge is -2.07. The van der Waals surface area contributed by atoms with Gasteiger partial charge < -0.3 is 16.2 Å². The quantitative estimate of drug-likeness (QED) is 0.506. The first kappa shape index (κ1) is 16.8. The molecule has 0 saturated carbocycles. The third kappa shape index (κ3) is 3.80. The number of pyridine rings is 1. The van der Waals surface area contributed by atoms with Crippen LogP contribution in [0.15, 0.2) is 36.5 Å². The van der Waals surface area contributed by atoms with Crippen molar-refractivity contribution in [3.63, 3.8) is 0 Å². The third-order valence-corrected chi connectivity index (χ3v) is 3.12. The highest BCUT2D eigenvalue weighted by atomic mass is 16.3. The number of hydrogen-bond acceptors (Lipinski definition) is 6. The Morgan fingerprint density at radius 1 is 1.21 bits per heavy atom. The van der Waals surface area contributed by atoms with E-state index in [1.54, 1.807) is 18.2 Å². The Hall–Kier alpha value is -3.55. The van der Waals surface area contributed by atoms with Gasteiger partial charge in [-0.3, -0.25) is 19.2 Å². The Kier molecular flexibility index (Phi) is 5.00. The molecule has 0 aliphatic carbocycles. The van der Waals surface area contributed by atoms with Crippen molar-refractivity contribution in [1.29, 1.82) is 0 Å². The van der Waals surface area contributed by atoms with Crippen LogP contribution < -0.4 is 11.1 Å². The summed E-state index contributed by atoms with van der Waals surface area (Å²) in [6, 6.07) is 7.68. The Labute approximate surface area is 136 Å². The lowest BCUT2D eigenvalue weighted by molar-refractivity contribution is -0.129. The van der Waals surface area contributed by atoms with E-state index in [1.807, 2.05) is 0 Å². The number of amides is 2. The highest BCUT2D eigenvalue weighted by Gasteiger charge is 2.15. The minimum atomic E-state index is -0.803. The van der Waals surface area contributed by atoms with Crippen molar-refractivity contribution in [3.8, 4) is 16.9 Å². The smallest absolute Gasteiger partial charge is 0.274 e. The van der Waals surface area contributed by atoms with E-state index in [2.05, 4.69) is 10.3 Å². The van der Waals surface area contributed by atoms with Crippen molar-refractivity contribution in [2.45, 2.75) is 0 Å². The number of carbonyl (C=O) groups is 4. The second kappa shape index (κ2) is 7.14. The minimum Gasteiger partial charge on any atom is -0.505 e. The second-order valence-corrected chi connectivity index (χ2v) is 4.80. The van der Waals surface area contributed by atoms with Gasteiger partial charge >= 0.3 is 0 Å². The van der Waals surface area contributed by atoms with Gasteiger partial charge in [-0.15, -0.1) is 0 Å². The molecule has 0 fully saturated rings. The first-order valence-corrected chi connectivity index (χ1v) is 6.78. The molecule has 0 spiro atoms. The molecule has 0 bridgehead atoms. The Balaban J connectivity index is 2.25. The average Bonchev–Trinajstić information content (AvgIpc) is 2.59. The number of aromatic nitrogens is 1. The van der Waals surface area contributed by atoms with Gasteiger partial charge in [0.2, 0.25) is 11.7 Å². The lowest BCUT2D eigenvalue weighted by Crippen LogP contribution is -2.30. The number of benzene rings is 1. The summed E-state index contributed by atoms with van der Waals surface area (Å²) in [6.07, 6.45) is 1.42. The number of primary amides is 1. The number of aromatic hydroxyl groups is 1. The summed E-state index contributed by atoms with van der Waals surface area (Å²) in [4.78, 5) is 47.9. The van der Waals surface area contributed by atoms with E-state index in [0.29, 0.717) is 16.7 Å². The molecular formula is C16H13N3O5. The minimum absolute atomic E-state index is 0.0857. The van der Waals surface area contributed by atoms with Crippen LogP contribution in [0.3, 0.4) is 0 Å². The van der Waals surface area contributed by atoms with Gasteiger partial charge in [0.1, 0.15) is 5.75 Å². The highest BCUT2D eigenvalue weighted by Crippen LogP contribution is 2.25. The number of nitrogens with one attached hydrogen (secondary N) is 1. The number of carbonyl (C=O) groups excluding carboxylic acids is 4. The summed E-state index contributed by atoms with van der Waals surface area (Å²) < 4.78 is 0. The van der Waals surface area contributed by atoms with Gasteiger partial charge in [-0.1, -0.05) is 12.1 Å². The van der Waals surface area contributed by atoms with E-state index in [-0.39, 0.29) is 12.0 Å². The van der Waals surface area contributed by atoms with Gasteiger partial charge in [-0.05, 0) is 23.8 Å². The van der Waals surface area contributed by atoms with Crippen molar-refractivity contribution in [2.24, 2.45) is 5.73 Å². The average molecular weight is 327 g/mol. The Morgan fingerprint density at radius 3 is 2.58 bits per heavy atom. The van der Waals surface area contributed by atoms with Gasteiger partial charge in [0.25, 0.3) is 5.91 Å². The summed E-state index contributed by atoms with van der Waals surface area (Å²) >= 11 is 0. The number of hydrogen-bond donors (Lipinski definition) is 3. The number of nitrogens with zero attached hydrogens (tertiary/aromatic N) is 1. The van der Waals surface area contributed by atoms with Gasteiger partial charge in [-0.2, -0.15) is 0 Å². The monoisotopic (exact) mass is 327 g/mol. The van der Waals surface area contributed by atoms with E-state index in [4.69, 9.17) is 5.73 Å². The normalized spacial score (nSPS) is 10.0. The number of Topliss-reactive ketones (excluding diaryl/α,β-unsaturated/α-hetero) is 1. The van der Waals surface area contributed by atoms with Gasteiger partial charge in [0.15, 0.2) is 12.0 Å². The highest BCUT2D eigenvalue weighted by molar-refractivity contribution is 6.26. The zero-order valence-corrected chi connectivity index (χ0v) is 12.4. The van der Waals surface area contributed by atoms with Crippen molar-refractivity contribution in [3.05, 3.63) is 47.8 Å². The van der Waals surface area contributed by atoms with Crippen LogP contribution in [0.25, 0.3) is 11.1 Å². The van der Waals surface area contributed by atoms with E-state index in [1.165, 1.54) is 18.3 Å². The molecular weight excluding hydrogens is 314 g/mol. The maximum Gasteiger partial charge on any atom is 0.274 e. The molecule has 24 heavy (non-hydrogen) atoms.